The number of benzene rings is 2. The molecule has 0 saturated heterocycles. The third kappa shape index (κ3) is 2.56. The number of aryl methyl sites for hydroxylation is 1. The van der Waals surface area contributed by atoms with Crippen molar-refractivity contribution in [3.63, 3.8) is 0 Å². The molecule has 0 aromatic heterocycles. The summed E-state index contributed by atoms with van der Waals surface area (Å²) in [5.41, 5.74) is 8.68. The van der Waals surface area contributed by atoms with E-state index >= 15 is 0 Å². The molecule has 0 spiro atoms. The van der Waals surface area contributed by atoms with Gasteiger partial charge in [-0.15, -0.1) is 0 Å². The van der Waals surface area contributed by atoms with Gasteiger partial charge in [0.2, 0.25) is 0 Å². The molecule has 0 aliphatic rings. The van der Waals surface area contributed by atoms with Crippen LogP contribution in [0.15, 0.2) is 46.9 Å². The van der Waals surface area contributed by atoms with Gasteiger partial charge in [-0.25, -0.2) is 0 Å². The fourth-order valence-corrected chi connectivity index (χ4v) is 2.27. The molecule has 0 aliphatic carbocycles. The highest BCUT2D eigenvalue weighted by atomic mass is 79.9. The van der Waals surface area contributed by atoms with Crippen molar-refractivity contribution in [1.29, 1.82) is 0 Å². The molecule has 2 aromatic carbocycles. The Morgan fingerprint density at radius 1 is 1.12 bits per heavy atom. The molecule has 0 saturated carbocycles. The fourth-order valence-electron chi connectivity index (χ4n) is 1.59. The average Bonchev–Trinajstić information content (AvgIpc) is 2.29. The zero-order chi connectivity index (χ0) is 12.4. The lowest BCUT2D eigenvalue weighted by atomic mass is 10.0. The Kier molecular flexibility index (Phi) is 3.29. The Labute approximate surface area is 109 Å². The number of nitrogens with two attached hydrogens (primary N) is 1. The van der Waals surface area contributed by atoms with Gasteiger partial charge in [-0.05, 0) is 48.9 Å². The summed E-state index contributed by atoms with van der Waals surface area (Å²) in [6, 6.07) is 12.6. The van der Waals surface area contributed by atoms with Crippen molar-refractivity contribution in [2.24, 2.45) is 0 Å². The van der Waals surface area contributed by atoms with Crippen molar-refractivity contribution >= 4 is 27.4 Å². The molecule has 0 heterocycles. The summed E-state index contributed by atoms with van der Waals surface area (Å²) in [6.45, 7) is 1.99. The Bertz CT molecular complexity index is 561. The van der Waals surface area contributed by atoms with E-state index in [1.165, 1.54) is 0 Å². The Balaban J connectivity index is 2.40. The zero-order valence-corrected chi connectivity index (χ0v) is 11.0. The van der Waals surface area contributed by atoms with Gasteiger partial charge in [0.15, 0.2) is 5.78 Å². The van der Waals surface area contributed by atoms with Crippen molar-refractivity contribution < 1.29 is 4.79 Å². The van der Waals surface area contributed by atoms with Gasteiger partial charge in [0.25, 0.3) is 0 Å². The minimum Gasteiger partial charge on any atom is -0.399 e. The molecule has 2 aromatic rings. The SMILES string of the molecule is Cc1ccc(C(=O)c2ccc(N)cc2)c(Br)c1. The van der Waals surface area contributed by atoms with Crippen molar-refractivity contribution in [3.8, 4) is 0 Å². The minimum absolute atomic E-state index is 0.00289. The number of halogens is 1. The molecule has 0 fully saturated rings. The van der Waals surface area contributed by atoms with E-state index in [1.54, 1.807) is 24.3 Å². The van der Waals surface area contributed by atoms with E-state index in [0.717, 1.165) is 10.0 Å². The summed E-state index contributed by atoms with van der Waals surface area (Å²) in [5.74, 6) is -0.00289. The van der Waals surface area contributed by atoms with Crippen LogP contribution < -0.4 is 5.73 Å². The number of ketones is 1. The number of carbonyl (C=O) groups excluding carboxylic acids is 1. The van der Waals surface area contributed by atoms with E-state index < -0.39 is 0 Å². The summed E-state index contributed by atoms with van der Waals surface area (Å²) in [5, 5.41) is 0. The molecule has 0 bridgehead atoms. The maximum absolute atomic E-state index is 12.2. The third-order valence-electron chi connectivity index (χ3n) is 2.54. The highest BCUT2D eigenvalue weighted by Crippen LogP contribution is 2.21. The highest BCUT2D eigenvalue weighted by molar-refractivity contribution is 9.10. The molecule has 0 unspecified atom stereocenters. The molecule has 2 N–H and O–H groups in total. The van der Waals surface area contributed by atoms with Crippen LogP contribution in [0.4, 0.5) is 5.69 Å². The lowest BCUT2D eigenvalue weighted by Crippen LogP contribution is -2.02. The molecule has 2 nitrogen and oxygen atoms in total. The topological polar surface area (TPSA) is 43.1 Å². The molecule has 2 rings (SSSR count). The number of rotatable bonds is 2. The van der Waals surface area contributed by atoms with Crippen LogP contribution in [0, 0.1) is 6.92 Å². The predicted octanol–water partition coefficient (Wildman–Crippen LogP) is 3.57. The van der Waals surface area contributed by atoms with Crippen LogP contribution in [0.2, 0.25) is 0 Å². The lowest BCUT2D eigenvalue weighted by molar-refractivity contribution is 0.103. The van der Waals surface area contributed by atoms with Crippen molar-refractivity contribution in [2.45, 2.75) is 6.92 Å². The van der Waals surface area contributed by atoms with Crippen LogP contribution in [0.5, 0.6) is 0 Å². The first-order valence-corrected chi connectivity index (χ1v) is 6.03. The van der Waals surface area contributed by atoms with Crippen LogP contribution >= 0.6 is 15.9 Å². The second-order valence-corrected chi connectivity index (χ2v) is 4.79. The highest BCUT2D eigenvalue weighted by Gasteiger charge is 2.12. The Hall–Kier alpha value is -1.61. The number of hydrogen-bond acceptors (Lipinski definition) is 2. The third-order valence-corrected chi connectivity index (χ3v) is 3.20. The standard InChI is InChI=1S/C14H12BrNO/c1-9-2-7-12(13(15)8-9)14(17)10-3-5-11(16)6-4-10/h2-8H,16H2,1H3. The first kappa shape index (κ1) is 11.9. The molecule has 0 radical (unpaired) electrons. The quantitative estimate of drug-likeness (QED) is 0.678. The maximum Gasteiger partial charge on any atom is 0.194 e. The number of carbonyl (C=O) groups is 1. The molecule has 0 amide bonds. The molecule has 17 heavy (non-hydrogen) atoms. The molecule has 3 heteroatoms. The second-order valence-electron chi connectivity index (χ2n) is 3.93. The number of hydrogen-bond donors (Lipinski definition) is 1. The van der Waals surface area contributed by atoms with Gasteiger partial charge in [0.1, 0.15) is 0 Å². The minimum atomic E-state index is -0.00289. The number of anilines is 1. The van der Waals surface area contributed by atoms with E-state index in [2.05, 4.69) is 15.9 Å². The Morgan fingerprint density at radius 2 is 1.76 bits per heavy atom. The van der Waals surface area contributed by atoms with Crippen molar-refractivity contribution in [2.75, 3.05) is 5.73 Å². The van der Waals surface area contributed by atoms with Gasteiger partial charge in [0, 0.05) is 21.3 Å². The van der Waals surface area contributed by atoms with Crippen LogP contribution in [-0.4, -0.2) is 5.78 Å². The average molecular weight is 290 g/mol. The predicted molar refractivity (Wildman–Crippen MR) is 73.2 cm³/mol. The van der Waals surface area contributed by atoms with Gasteiger partial charge in [-0.3, -0.25) is 4.79 Å². The second kappa shape index (κ2) is 4.72. The molecule has 0 atom stereocenters. The molecular weight excluding hydrogens is 278 g/mol. The van der Waals surface area contributed by atoms with E-state index in [1.807, 2.05) is 25.1 Å². The van der Waals surface area contributed by atoms with E-state index in [9.17, 15) is 4.79 Å². The molecule has 0 aliphatic heterocycles. The van der Waals surface area contributed by atoms with Gasteiger partial charge < -0.3 is 5.73 Å². The first-order valence-electron chi connectivity index (χ1n) is 5.24. The molecular formula is C14H12BrNO. The summed E-state index contributed by atoms with van der Waals surface area (Å²) < 4.78 is 0.819. The van der Waals surface area contributed by atoms with Crippen molar-refractivity contribution in [1.82, 2.24) is 0 Å². The smallest absolute Gasteiger partial charge is 0.194 e. The number of nitrogen functional groups attached to an aromatic ring is 1. The van der Waals surface area contributed by atoms with E-state index in [-0.39, 0.29) is 5.78 Å². The normalized spacial score (nSPS) is 10.2. The monoisotopic (exact) mass is 289 g/mol. The zero-order valence-electron chi connectivity index (χ0n) is 9.41. The van der Waals surface area contributed by atoms with Crippen LogP contribution in [0.25, 0.3) is 0 Å². The Morgan fingerprint density at radius 3 is 2.35 bits per heavy atom. The maximum atomic E-state index is 12.2. The van der Waals surface area contributed by atoms with Gasteiger partial charge in [0.05, 0.1) is 0 Å². The van der Waals surface area contributed by atoms with Gasteiger partial charge >= 0.3 is 0 Å². The van der Waals surface area contributed by atoms with Crippen molar-refractivity contribution in [3.05, 3.63) is 63.6 Å². The molecule has 86 valence electrons. The largest absolute Gasteiger partial charge is 0.399 e. The van der Waals surface area contributed by atoms with E-state index in [4.69, 9.17) is 5.73 Å². The van der Waals surface area contributed by atoms with Gasteiger partial charge in [-0.1, -0.05) is 22.0 Å². The summed E-state index contributed by atoms with van der Waals surface area (Å²) in [6.07, 6.45) is 0. The first-order chi connectivity index (χ1) is 8.08. The fraction of sp³-hybridized carbons (Fsp3) is 0.0714. The summed E-state index contributed by atoms with van der Waals surface area (Å²) >= 11 is 3.41. The lowest BCUT2D eigenvalue weighted by Gasteiger charge is -2.05. The summed E-state index contributed by atoms with van der Waals surface area (Å²) in [7, 11) is 0. The van der Waals surface area contributed by atoms with Crippen LogP contribution in [-0.2, 0) is 0 Å². The van der Waals surface area contributed by atoms with Gasteiger partial charge in [-0.2, -0.15) is 0 Å². The van der Waals surface area contributed by atoms with Crippen LogP contribution in [0.1, 0.15) is 21.5 Å². The van der Waals surface area contributed by atoms with E-state index in [0.29, 0.717) is 16.8 Å². The summed E-state index contributed by atoms with van der Waals surface area (Å²) in [4.78, 5) is 12.2. The van der Waals surface area contributed by atoms with Crippen LogP contribution in [0.3, 0.4) is 0 Å².